The van der Waals surface area contributed by atoms with Crippen molar-refractivity contribution in [1.82, 2.24) is 9.88 Å². The van der Waals surface area contributed by atoms with Gasteiger partial charge in [-0.05, 0) is 30.9 Å². The summed E-state index contributed by atoms with van der Waals surface area (Å²) in [5.41, 5.74) is 0.665. The summed E-state index contributed by atoms with van der Waals surface area (Å²) in [6.45, 7) is 4.43. The molecule has 0 N–H and O–H groups in total. The van der Waals surface area contributed by atoms with E-state index in [-0.39, 0.29) is 23.8 Å². The summed E-state index contributed by atoms with van der Waals surface area (Å²) < 4.78 is 33.7. The summed E-state index contributed by atoms with van der Waals surface area (Å²) in [4.78, 5) is 22.6. The molecule has 4 rings (SSSR count). The van der Waals surface area contributed by atoms with Crippen LogP contribution in [0.25, 0.3) is 10.2 Å². The number of morpholine rings is 1. The lowest BCUT2D eigenvalue weighted by molar-refractivity contribution is 0.0376. The van der Waals surface area contributed by atoms with Crippen molar-refractivity contribution in [3.8, 4) is 0 Å². The summed E-state index contributed by atoms with van der Waals surface area (Å²) >= 11 is 2.63. The van der Waals surface area contributed by atoms with E-state index in [0.29, 0.717) is 35.2 Å². The Balaban J connectivity index is 0.00000289. The van der Waals surface area contributed by atoms with Crippen LogP contribution in [0.3, 0.4) is 0 Å². The van der Waals surface area contributed by atoms with Gasteiger partial charge >= 0.3 is 0 Å². The molecular weight excluding hydrogens is 476 g/mol. The lowest BCUT2D eigenvalue weighted by atomic mass is 10.2. The van der Waals surface area contributed by atoms with Gasteiger partial charge in [-0.3, -0.25) is 14.6 Å². The number of hydrogen-bond donors (Lipinski definition) is 0. The Kier molecular flexibility index (Phi) is 8.84. The Morgan fingerprint density at radius 1 is 1.25 bits per heavy atom. The first-order chi connectivity index (χ1) is 15.1. The average Bonchev–Trinajstić information content (AvgIpc) is 3.21. The quantitative estimate of drug-likeness (QED) is 0.424. The SMILES string of the molecule is CSc1ccccc1C(=O)N(CCCN1CCOCC1)c1nc2c(F)cc(F)cc2s1.Cl. The molecule has 0 radical (unpaired) electrons. The predicted octanol–water partition coefficient (Wildman–Crippen LogP) is 5.09. The molecule has 10 heteroatoms. The summed E-state index contributed by atoms with van der Waals surface area (Å²) in [5, 5.41) is 0.377. The standard InChI is InChI=1S/C22H23F2N3O2S2.ClH/c1-30-18-6-3-2-5-16(18)21(28)27(8-4-7-26-9-11-29-12-10-26)22-25-20-17(24)13-15(23)14-19(20)31-22;/h2-3,5-6,13-14H,4,7-12H2,1H3;1H. The minimum atomic E-state index is -0.720. The molecule has 1 aliphatic rings. The summed E-state index contributed by atoms with van der Waals surface area (Å²) in [6.07, 6.45) is 2.66. The zero-order chi connectivity index (χ0) is 21.8. The maximum Gasteiger partial charge on any atom is 0.261 e. The molecule has 1 aromatic heterocycles. The third kappa shape index (κ3) is 5.58. The number of benzene rings is 2. The van der Waals surface area contributed by atoms with E-state index in [4.69, 9.17) is 4.74 Å². The molecule has 2 aromatic carbocycles. The smallest absolute Gasteiger partial charge is 0.261 e. The Labute approximate surface area is 200 Å². The van der Waals surface area contributed by atoms with Crippen molar-refractivity contribution in [2.75, 3.05) is 50.5 Å². The Bertz CT molecular complexity index is 1080. The van der Waals surface area contributed by atoms with Gasteiger partial charge in [-0.15, -0.1) is 24.2 Å². The van der Waals surface area contributed by atoms with Crippen LogP contribution < -0.4 is 4.90 Å². The van der Waals surface area contributed by atoms with E-state index in [1.54, 1.807) is 11.0 Å². The molecule has 2 heterocycles. The number of thiazole rings is 1. The first kappa shape index (κ1) is 24.9. The molecule has 0 aliphatic carbocycles. The van der Waals surface area contributed by atoms with Crippen molar-refractivity contribution < 1.29 is 18.3 Å². The Morgan fingerprint density at radius 3 is 2.75 bits per heavy atom. The van der Waals surface area contributed by atoms with E-state index < -0.39 is 11.6 Å². The topological polar surface area (TPSA) is 45.7 Å². The van der Waals surface area contributed by atoms with Gasteiger partial charge in [0.15, 0.2) is 10.9 Å². The molecule has 1 amide bonds. The van der Waals surface area contributed by atoms with Crippen molar-refractivity contribution in [2.24, 2.45) is 0 Å². The van der Waals surface area contributed by atoms with Crippen molar-refractivity contribution in [3.63, 3.8) is 0 Å². The highest BCUT2D eigenvalue weighted by Gasteiger charge is 2.24. The first-order valence-electron chi connectivity index (χ1n) is 10.1. The Morgan fingerprint density at radius 2 is 2.00 bits per heavy atom. The number of thioether (sulfide) groups is 1. The second kappa shape index (κ2) is 11.4. The largest absolute Gasteiger partial charge is 0.379 e. The van der Waals surface area contributed by atoms with Crippen molar-refractivity contribution in [3.05, 3.63) is 53.6 Å². The molecule has 172 valence electrons. The van der Waals surface area contributed by atoms with Crippen LogP contribution in [0, 0.1) is 11.6 Å². The number of carbonyl (C=O) groups excluding carboxylic acids is 1. The number of aromatic nitrogens is 1. The number of fused-ring (bicyclic) bond motifs is 1. The zero-order valence-electron chi connectivity index (χ0n) is 17.6. The second-order valence-corrected chi connectivity index (χ2v) is 9.05. The minimum absolute atomic E-state index is 0. The van der Waals surface area contributed by atoms with E-state index in [0.717, 1.165) is 48.4 Å². The van der Waals surface area contributed by atoms with Gasteiger partial charge in [-0.1, -0.05) is 23.5 Å². The highest BCUT2D eigenvalue weighted by atomic mass is 35.5. The summed E-state index contributed by atoms with van der Waals surface area (Å²) in [5.74, 6) is -1.56. The lowest BCUT2D eigenvalue weighted by Gasteiger charge is -2.28. The number of carbonyl (C=O) groups is 1. The monoisotopic (exact) mass is 499 g/mol. The van der Waals surface area contributed by atoms with Gasteiger partial charge in [0.2, 0.25) is 0 Å². The van der Waals surface area contributed by atoms with Gasteiger partial charge in [0.1, 0.15) is 11.3 Å². The van der Waals surface area contributed by atoms with E-state index in [2.05, 4.69) is 9.88 Å². The molecule has 1 saturated heterocycles. The van der Waals surface area contributed by atoms with Gasteiger partial charge in [-0.2, -0.15) is 0 Å². The molecule has 0 saturated carbocycles. The number of ether oxygens (including phenoxy) is 1. The maximum atomic E-state index is 14.2. The number of nitrogens with zero attached hydrogens (tertiary/aromatic N) is 3. The van der Waals surface area contributed by atoms with Crippen LogP contribution >= 0.6 is 35.5 Å². The molecule has 1 fully saturated rings. The fourth-order valence-electron chi connectivity index (χ4n) is 3.59. The van der Waals surface area contributed by atoms with Crippen LogP contribution in [0.1, 0.15) is 16.8 Å². The zero-order valence-corrected chi connectivity index (χ0v) is 20.0. The van der Waals surface area contributed by atoms with Crippen molar-refractivity contribution in [1.29, 1.82) is 0 Å². The fourth-order valence-corrected chi connectivity index (χ4v) is 5.21. The van der Waals surface area contributed by atoms with Crippen LogP contribution in [0.5, 0.6) is 0 Å². The van der Waals surface area contributed by atoms with Gasteiger partial charge in [-0.25, -0.2) is 13.8 Å². The number of anilines is 1. The molecule has 5 nitrogen and oxygen atoms in total. The average molecular weight is 500 g/mol. The molecule has 0 unspecified atom stereocenters. The molecule has 0 spiro atoms. The third-order valence-electron chi connectivity index (χ3n) is 5.18. The molecule has 1 aliphatic heterocycles. The van der Waals surface area contributed by atoms with E-state index in [1.807, 2.05) is 24.5 Å². The highest BCUT2D eigenvalue weighted by Crippen LogP contribution is 2.33. The molecule has 3 aromatic rings. The molecule has 32 heavy (non-hydrogen) atoms. The predicted molar refractivity (Wildman–Crippen MR) is 129 cm³/mol. The van der Waals surface area contributed by atoms with Gasteiger partial charge in [0, 0.05) is 37.1 Å². The molecule has 0 atom stereocenters. The molecule has 0 bridgehead atoms. The van der Waals surface area contributed by atoms with Crippen LogP contribution in [-0.4, -0.2) is 61.4 Å². The number of hydrogen-bond acceptors (Lipinski definition) is 6. The normalized spacial score (nSPS) is 14.3. The number of rotatable bonds is 7. The third-order valence-corrected chi connectivity index (χ3v) is 7.00. The summed E-state index contributed by atoms with van der Waals surface area (Å²) in [7, 11) is 0. The number of halogens is 3. The highest BCUT2D eigenvalue weighted by molar-refractivity contribution is 7.98. The minimum Gasteiger partial charge on any atom is -0.379 e. The van der Waals surface area contributed by atoms with Crippen LogP contribution in [0.4, 0.5) is 13.9 Å². The van der Waals surface area contributed by atoms with Crippen LogP contribution in [-0.2, 0) is 4.74 Å². The van der Waals surface area contributed by atoms with E-state index in [1.165, 1.54) is 17.8 Å². The van der Waals surface area contributed by atoms with Crippen LogP contribution in [0.2, 0.25) is 0 Å². The second-order valence-electron chi connectivity index (χ2n) is 7.20. The van der Waals surface area contributed by atoms with Crippen molar-refractivity contribution in [2.45, 2.75) is 11.3 Å². The number of amides is 1. The fraction of sp³-hybridized carbons (Fsp3) is 0.364. The van der Waals surface area contributed by atoms with Gasteiger partial charge in [0.05, 0.1) is 23.5 Å². The van der Waals surface area contributed by atoms with Crippen LogP contribution in [0.15, 0.2) is 41.3 Å². The van der Waals surface area contributed by atoms with E-state index >= 15 is 0 Å². The van der Waals surface area contributed by atoms with Gasteiger partial charge < -0.3 is 4.74 Å². The maximum absolute atomic E-state index is 14.2. The van der Waals surface area contributed by atoms with Crippen molar-refractivity contribution >= 4 is 56.8 Å². The summed E-state index contributed by atoms with van der Waals surface area (Å²) in [6, 6.07) is 9.48. The van der Waals surface area contributed by atoms with E-state index in [9.17, 15) is 13.6 Å². The van der Waals surface area contributed by atoms with Gasteiger partial charge in [0.25, 0.3) is 5.91 Å². The first-order valence-corrected chi connectivity index (χ1v) is 12.1. The Hall–Kier alpha value is -1.78. The lowest BCUT2D eigenvalue weighted by Crippen LogP contribution is -2.39. The molecular formula is C22H24ClF2N3O2S2.